The number of hydrogen-bond donors (Lipinski definition) is 2. The summed E-state index contributed by atoms with van der Waals surface area (Å²) in [6.45, 7) is 1.93. The van der Waals surface area contributed by atoms with E-state index in [-0.39, 0.29) is 18.4 Å². The molecule has 0 fully saturated rings. The Bertz CT molecular complexity index is 138. The molecule has 0 radical (unpaired) electrons. The smallest absolute Gasteiger partial charge is 0.237 e. The third-order valence-electron chi connectivity index (χ3n) is 0.980. The zero-order valence-corrected chi connectivity index (χ0v) is 5.22. The van der Waals surface area contributed by atoms with Gasteiger partial charge in [-0.25, -0.2) is 0 Å². The fourth-order valence-electron chi connectivity index (χ4n) is 0.285. The molecule has 0 aliphatic carbocycles. The van der Waals surface area contributed by atoms with Gasteiger partial charge in [0.2, 0.25) is 5.91 Å². The molecule has 1 unspecified atom stereocenters. The van der Waals surface area contributed by atoms with Crippen molar-refractivity contribution >= 4 is 5.91 Å². The van der Waals surface area contributed by atoms with Gasteiger partial charge in [-0.05, 0) is 0 Å². The number of amides is 1. The van der Waals surface area contributed by atoms with Crippen molar-refractivity contribution in [3.05, 3.63) is 0 Å². The average Bonchev–Trinajstić information content (AvgIpc) is 1.87. The standard InChI is InChI=1S/C5H9N3O/c1-4(2-6)5(9)8-3-7/h4H,2,6H2,1H3,(H,8,9). The van der Waals surface area contributed by atoms with Crippen LogP contribution in [-0.2, 0) is 4.79 Å². The SMILES string of the molecule is CC(CN)C(=O)NC#N. The summed E-state index contributed by atoms with van der Waals surface area (Å²) in [7, 11) is 0. The van der Waals surface area contributed by atoms with E-state index in [0.717, 1.165) is 0 Å². The van der Waals surface area contributed by atoms with Gasteiger partial charge in [-0.1, -0.05) is 6.92 Å². The largest absolute Gasteiger partial charge is 0.330 e. The number of carbonyl (C=O) groups excluding carboxylic acids is 1. The fraction of sp³-hybridized carbons (Fsp3) is 0.600. The van der Waals surface area contributed by atoms with E-state index in [1.54, 1.807) is 6.92 Å². The Labute approximate surface area is 53.6 Å². The number of nitrogens with one attached hydrogen (secondary N) is 1. The Kier molecular flexibility index (Phi) is 3.40. The van der Waals surface area contributed by atoms with Crippen LogP contribution in [-0.4, -0.2) is 12.5 Å². The predicted octanol–water partition coefficient (Wildman–Crippen LogP) is -0.822. The molecule has 3 N–H and O–H groups in total. The molecule has 4 heteroatoms. The molecule has 1 amide bonds. The third kappa shape index (κ3) is 2.67. The van der Waals surface area contributed by atoms with Crippen LogP contribution in [0.5, 0.6) is 0 Å². The monoisotopic (exact) mass is 127 g/mol. The summed E-state index contributed by atoms with van der Waals surface area (Å²) in [5, 5.41) is 9.94. The zero-order chi connectivity index (χ0) is 7.28. The highest BCUT2D eigenvalue weighted by Crippen LogP contribution is 1.87. The molecule has 0 aromatic carbocycles. The summed E-state index contributed by atoms with van der Waals surface area (Å²) in [5.41, 5.74) is 5.13. The zero-order valence-electron chi connectivity index (χ0n) is 5.22. The van der Waals surface area contributed by atoms with Gasteiger partial charge in [0, 0.05) is 12.5 Å². The van der Waals surface area contributed by atoms with E-state index in [9.17, 15) is 4.79 Å². The van der Waals surface area contributed by atoms with Crippen molar-refractivity contribution in [2.24, 2.45) is 11.7 Å². The molecule has 0 aromatic heterocycles. The molecule has 0 heterocycles. The Morgan fingerprint density at radius 1 is 2.00 bits per heavy atom. The summed E-state index contributed by atoms with van der Waals surface area (Å²) in [6.07, 6.45) is 1.53. The minimum absolute atomic E-state index is 0.271. The molecule has 0 bridgehead atoms. The topological polar surface area (TPSA) is 78.9 Å². The lowest BCUT2D eigenvalue weighted by Gasteiger charge is -2.01. The van der Waals surface area contributed by atoms with Crippen LogP contribution >= 0.6 is 0 Å². The molecule has 0 aliphatic rings. The van der Waals surface area contributed by atoms with Crippen LogP contribution in [0.25, 0.3) is 0 Å². The number of hydrogen-bond acceptors (Lipinski definition) is 3. The van der Waals surface area contributed by atoms with E-state index < -0.39 is 0 Å². The van der Waals surface area contributed by atoms with Crippen LogP contribution in [0.15, 0.2) is 0 Å². The first-order valence-electron chi connectivity index (χ1n) is 2.61. The van der Waals surface area contributed by atoms with Crippen LogP contribution in [0.4, 0.5) is 0 Å². The fourth-order valence-corrected chi connectivity index (χ4v) is 0.285. The second kappa shape index (κ2) is 3.87. The summed E-state index contributed by atoms with van der Waals surface area (Å²) >= 11 is 0. The predicted molar refractivity (Wildman–Crippen MR) is 32.0 cm³/mol. The van der Waals surface area contributed by atoms with Crippen molar-refractivity contribution in [3.8, 4) is 6.19 Å². The maximum absolute atomic E-state index is 10.6. The molecule has 1 atom stereocenters. The molecule has 9 heavy (non-hydrogen) atoms. The molecule has 0 saturated carbocycles. The summed E-state index contributed by atoms with van der Waals surface area (Å²) < 4.78 is 0. The first kappa shape index (κ1) is 7.92. The van der Waals surface area contributed by atoms with E-state index in [1.165, 1.54) is 6.19 Å². The molecular weight excluding hydrogens is 118 g/mol. The lowest BCUT2D eigenvalue weighted by Crippen LogP contribution is -2.29. The Morgan fingerprint density at radius 3 is 2.89 bits per heavy atom. The van der Waals surface area contributed by atoms with E-state index in [4.69, 9.17) is 11.0 Å². The Hall–Kier alpha value is -1.08. The van der Waals surface area contributed by atoms with Crippen LogP contribution in [0.2, 0.25) is 0 Å². The number of carbonyl (C=O) groups is 1. The minimum Gasteiger partial charge on any atom is -0.330 e. The molecule has 0 rings (SSSR count). The van der Waals surface area contributed by atoms with Crippen LogP contribution < -0.4 is 11.1 Å². The van der Waals surface area contributed by atoms with Crippen molar-refractivity contribution in [1.82, 2.24) is 5.32 Å². The van der Waals surface area contributed by atoms with Crippen LogP contribution in [0, 0.1) is 17.4 Å². The van der Waals surface area contributed by atoms with E-state index >= 15 is 0 Å². The summed E-state index contributed by atoms with van der Waals surface area (Å²) in [5.74, 6) is -0.593. The van der Waals surface area contributed by atoms with E-state index in [2.05, 4.69) is 0 Å². The average molecular weight is 127 g/mol. The van der Waals surface area contributed by atoms with E-state index in [0.29, 0.717) is 0 Å². The molecule has 4 nitrogen and oxygen atoms in total. The van der Waals surface area contributed by atoms with Gasteiger partial charge in [0.15, 0.2) is 6.19 Å². The van der Waals surface area contributed by atoms with Crippen molar-refractivity contribution in [1.29, 1.82) is 5.26 Å². The lowest BCUT2D eigenvalue weighted by atomic mass is 10.2. The van der Waals surface area contributed by atoms with Crippen molar-refractivity contribution in [2.45, 2.75) is 6.92 Å². The quantitative estimate of drug-likeness (QED) is 0.375. The third-order valence-corrected chi connectivity index (χ3v) is 0.980. The Balaban J connectivity index is 3.62. The molecule has 50 valence electrons. The van der Waals surface area contributed by atoms with Gasteiger partial charge in [-0.3, -0.25) is 10.1 Å². The van der Waals surface area contributed by atoms with Gasteiger partial charge in [-0.2, -0.15) is 5.26 Å². The van der Waals surface area contributed by atoms with Gasteiger partial charge < -0.3 is 5.73 Å². The van der Waals surface area contributed by atoms with Gasteiger partial charge >= 0.3 is 0 Å². The highest BCUT2D eigenvalue weighted by molar-refractivity contribution is 5.79. The van der Waals surface area contributed by atoms with Gasteiger partial charge in [-0.15, -0.1) is 0 Å². The second-order valence-corrected chi connectivity index (χ2v) is 1.74. The van der Waals surface area contributed by atoms with Gasteiger partial charge in [0.25, 0.3) is 0 Å². The van der Waals surface area contributed by atoms with Crippen molar-refractivity contribution < 1.29 is 4.79 Å². The Morgan fingerprint density at radius 2 is 2.56 bits per heavy atom. The lowest BCUT2D eigenvalue weighted by molar-refractivity contribution is -0.123. The first-order chi connectivity index (χ1) is 4.22. The molecule has 0 saturated heterocycles. The van der Waals surface area contributed by atoms with Crippen molar-refractivity contribution in [2.75, 3.05) is 6.54 Å². The number of nitrogens with zero attached hydrogens (tertiary/aromatic N) is 1. The van der Waals surface area contributed by atoms with Gasteiger partial charge in [0.05, 0.1) is 0 Å². The molecule has 0 aromatic rings. The molecule has 0 aliphatic heterocycles. The molecular formula is C5H9N3O. The van der Waals surface area contributed by atoms with Crippen LogP contribution in [0.1, 0.15) is 6.92 Å². The highest BCUT2D eigenvalue weighted by Gasteiger charge is 2.08. The summed E-state index contributed by atoms with van der Waals surface area (Å²) in [4.78, 5) is 10.6. The second-order valence-electron chi connectivity index (χ2n) is 1.74. The minimum atomic E-state index is -0.319. The number of nitriles is 1. The molecule has 0 spiro atoms. The van der Waals surface area contributed by atoms with Gasteiger partial charge in [0.1, 0.15) is 0 Å². The maximum Gasteiger partial charge on any atom is 0.237 e. The highest BCUT2D eigenvalue weighted by atomic mass is 16.1. The number of rotatable bonds is 2. The maximum atomic E-state index is 10.6. The first-order valence-corrected chi connectivity index (χ1v) is 2.61. The van der Waals surface area contributed by atoms with E-state index in [1.807, 2.05) is 5.32 Å². The summed E-state index contributed by atoms with van der Waals surface area (Å²) in [6, 6.07) is 0. The van der Waals surface area contributed by atoms with Crippen LogP contribution in [0.3, 0.4) is 0 Å². The van der Waals surface area contributed by atoms with Crippen molar-refractivity contribution in [3.63, 3.8) is 0 Å². The normalized spacial score (nSPS) is 11.7. The number of nitrogens with two attached hydrogens (primary N) is 1.